The van der Waals surface area contributed by atoms with Gasteiger partial charge in [-0.15, -0.1) is 0 Å². The molecule has 0 aliphatic carbocycles. The average molecular weight is 470 g/mol. The summed E-state index contributed by atoms with van der Waals surface area (Å²) >= 11 is 0. The van der Waals surface area contributed by atoms with Gasteiger partial charge in [0, 0.05) is 55.6 Å². The van der Waals surface area contributed by atoms with Crippen LogP contribution in [0, 0.1) is 6.92 Å². The number of ether oxygens (including phenoxy) is 1. The van der Waals surface area contributed by atoms with Gasteiger partial charge in [0.1, 0.15) is 0 Å². The highest BCUT2D eigenvalue weighted by Crippen LogP contribution is 2.39. The van der Waals surface area contributed by atoms with E-state index in [1.165, 1.54) is 22.6 Å². The molecule has 12 heteroatoms. The van der Waals surface area contributed by atoms with Crippen molar-refractivity contribution in [1.82, 2.24) is 29.1 Å². The Labute approximate surface area is 187 Å². The number of hydrogen-bond donors (Lipinski definition) is 1. The van der Waals surface area contributed by atoms with Crippen LogP contribution < -0.4 is 11.0 Å². The molecule has 2 atom stereocenters. The van der Waals surface area contributed by atoms with E-state index in [1.807, 2.05) is 6.92 Å². The van der Waals surface area contributed by atoms with Crippen LogP contribution >= 0.6 is 0 Å². The van der Waals surface area contributed by atoms with Crippen LogP contribution in [0.4, 0.5) is 17.6 Å². The van der Waals surface area contributed by atoms with Crippen molar-refractivity contribution in [3.8, 4) is 0 Å². The molecule has 2 aliphatic rings. The Bertz CT molecular complexity index is 1140. The molecule has 0 saturated carbocycles. The van der Waals surface area contributed by atoms with Gasteiger partial charge < -0.3 is 15.0 Å². The van der Waals surface area contributed by atoms with Crippen molar-refractivity contribution in [3.05, 3.63) is 63.9 Å². The van der Waals surface area contributed by atoms with Gasteiger partial charge in [0.2, 0.25) is 0 Å². The topological polar surface area (TPSA) is 69.2 Å². The highest BCUT2D eigenvalue weighted by Gasteiger charge is 2.46. The first-order valence-electron chi connectivity index (χ1n) is 10.7. The monoisotopic (exact) mass is 470 g/mol. The molecule has 1 saturated heterocycles. The molecule has 8 nitrogen and oxygen atoms in total. The molecule has 33 heavy (non-hydrogen) atoms. The first-order valence-corrected chi connectivity index (χ1v) is 10.7. The summed E-state index contributed by atoms with van der Waals surface area (Å²) in [6, 6.07) is 0. The highest BCUT2D eigenvalue weighted by molar-refractivity contribution is 5.39. The Morgan fingerprint density at radius 3 is 2.73 bits per heavy atom. The van der Waals surface area contributed by atoms with Crippen molar-refractivity contribution >= 4 is 0 Å². The van der Waals surface area contributed by atoms with Gasteiger partial charge in [0.15, 0.2) is 0 Å². The zero-order valence-electron chi connectivity index (χ0n) is 18.6. The van der Waals surface area contributed by atoms with Gasteiger partial charge in [0.25, 0.3) is 5.92 Å². The molecule has 0 amide bonds. The lowest BCUT2D eigenvalue weighted by atomic mass is 10.1. The second-order valence-electron chi connectivity index (χ2n) is 8.25. The highest BCUT2D eigenvalue weighted by atomic mass is 19.4. The largest absolute Gasteiger partial charge is 0.418 e. The van der Waals surface area contributed by atoms with Crippen molar-refractivity contribution in [1.29, 1.82) is 0 Å². The van der Waals surface area contributed by atoms with Crippen LogP contribution in [0.1, 0.15) is 25.1 Å². The molecular weight excluding hydrogens is 444 g/mol. The molecule has 0 aromatic carbocycles. The number of nitrogens with zero attached hydrogens (tertiary/aromatic N) is 5. The summed E-state index contributed by atoms with van der Waals surface area (Å²) in [4.78, 5) is 14.5. The molecule has 0 radical (unpaired) electrons. The van der Waals surface area contributed by atoms with Crippen LogP contribution in [0.5, 0.6) is 0 Å². The lowest BCUT2D eigenvalue weighted by Crippen LogP contribution is -2.51. The molecule has 2 aromatic rings. The van der Waals surface area contributed by atoms with Gasteiger partial charge in [-0.3, -0.25) is 9.25 Å². The number of dihydropyridines is 1. The van der Waals surface area contributed by atoms with E-state index in [2.05, 4.69) is 10.4 Å². The first kappa shape index (κ1) is 23.1. The third-order valence-electron chi connectivity index (χ3n) is 5.73. The van der Waals surface area contributed by atoms with Gasteiger partial charge in [-0.2, -0.15) is 22.7 Å². The molecule has 2 aromatic heterocycles. The Morgan fingerprint density at radius 2 is 2.09 bits per heavy atom. The van der Waals surface area contributed by atoms with Crippen molar-refractivity contribution in [2.75, 3.05) is 19.7 Å². The van der Waals surface area contributed by atoms with Crippen molar-refractivity contribution in [3.63, 3.8) is 0 Å². The van der Waals surface area contributed by atoms with Crippen LogP contribution in [0.3, 0.4) is 0 Å². The fourth-order valence-electron chi connectivity index (χ4n) is 4.19. The maximum Gasteiger partial charge on any atom is 0.418 e. The Balaban J connectivity index is 1.69. The van der Waals surface area contributed by atoms with Gasteiger partial charge in [-0.1, -0.05) is 0 Å². The summed E-state index contributed by atoms with van der Waals surface area (Å²) in [6.07, 6.45) is 1.11. The number of aromatic nitrogens is 4. The number of rotatable bonds is 5. The summed E-state index contributed by atoms with van der Waals surface area (Å²) < 4.78 is 66.9. The first-order chi connectivity index (χ1) is 15.5. The van der Waals surface area contributed by atoms with E-state index in [9.17, 15) is 18.0 Å². The number of allylic oxidation sites excluding steroid dienone is 1. The van der Waals surface area contributed by atoms with Crippen molar-refractivity contribution < 1.29 is 22.3 Å². The van der Waals surface area contributed by atoms with E-state index in [4.69, 9.17) is 4.74 Å². The molecule has 0 bridgehead atoms. The fraction of sp³-hybridized carbons (Fsp3) is 0.524. The molecule has 2 aliphatic heterocycles. The van der Waals surface area contributed by atoms with E-state index >= 15 is 4.39 Å². The summed E-state index contributed by atoms with van der Waals surface area (Å²) in [6.45, 7) is 6.65. The fourth-order valence-corrected chi connectivity index (χ4v) is 4.19. The normalized spacial score (nSPS) is 23.8. The molecule has 1 N–H and O–H groups in total. The molecule has 180 valence electrons. The van der Waals surface area contributed by atoms with Crippen LogP contribution in [-0.2, 0) is 23.7 Å². The van der Waals surface area contributed by atoms with E-state index in [0.29, 0.717) is 17.2 Å². The zero-order chi connectivity index (χ0) is 24.0. The second-order valence-corrected chi connectivity index (χ2v) is 8.25. The Morgan fingerprint density at radius 1 is 1.33 bits per heavy atom. The lowest BCUT2D eigenvalue weighted by molar-refractivity contribution is -0.0971. The van der Waals surface area contributed by atoms with Crippen molar-refractivity contribution in [2.24, 2.45) is 0 Å². The number of hydrogen-bond acceptors (Lipinski definition) is 5. The van der Waals surface area contributed by atoms with Crippen LogP contribution in [0.25, 0.3) is 0 Å². The second kappa shape index (κ2) is 8.40. The third kappa shape index (κ3) is 4.43. The Kier molecular flexibility index (Phi) is 5.89. The zero-order valence-corrected chi connectivity index (χ0v) is 18.6. The molecular formula is C21H26F4N6O2. The number of morpholine rings is 1. The maximum atomic E-state index is 16.0. The average Bonchev–Trinajstić information content (AvgIpc) is 3.31. The minimum absolute atomic E-state index is 0.116. The lowest BCUT2D eigenvalue weighted by Gasteiger charge is -2.39. The Hall–Kier alpha value is -3.02. The minimum atomic E-state index is -4.82. The van der Waals surface area contributed by atoms with E-state index in [-0.39, 0.29) is 43.7 Å². The summed E-state index contributed by atoms with van der Waals surface area (Å²) in [5.74, 6) is -2.88. The van der Waals surface area contributed by atoms with E-state index in [0.717, 1.165) is 11.8 Å². The molecule has 4 heterocycles. The summed E-state index contributed by atoms with van der Waals surface area (Å²) in [7, 11) is 0. The predicted molar refractivity (Wildman–Crippen MR) is 112 cm³/mol. The molecule has 1 fully saturated rings. The summed E-state index contributed by atoms with van der Waals surface area (Å²) in [5.41, 5.74) is -1.20. The standard InChI is InChI=1S/C21H26F4N6O2/c1-4-30-13-16(8-27-30)12-29-10-14(2)31(19(29)32)20(22)7-17(21(23,24)25)18(9-26-20)28-5-6-33-15(3)11-28/h7-10,13,15,26H,4-6,11-12H2,1-3H3/t15-,20?/m1/s1. The van der Waals surface area contributed by atoms with Gasteiger partial charge >= 0.3 is 11.9 Å². The van der Waals surface area contributed by atoms with E-state index < -0.39 is 23.4 Å². The third-order valence-corrected chi connectivity index (χ3v) is 5.73. The number of imidazole rings is 1. The minimum Gasteiger partial charge on any atom is -0.375 e. The quantitative estimate of drug-likeness (QED) is 0.537. The number of alkyl halides is 4. The maximum absolute atomic E-state index is 16.0. The number of halogens is 4. The van der Waals surface area contributed by atoms with Crippen LogP contribution in [-0.4, -0.2) is 55.8 Å². The van der Waals surface area contributed by atoms with Gasteiger partial charge in [-0.25, -0.2) is 9.36 Å². The van der Waals surface area contributed by atoms with Gasteiger partial charge in [-0.05, 0) is 20.8 Å². The number of nitrogens with one attached hydrogen (secondary N) is 1. The summed E-state index contributed by atoms with van der Waals surface area (Å²) in [5, 5.41) is 6.53. The number of aryl methyl sites for hydroxylation is 2. The smallest absolute Gasteiger partial charge is 0.375 e. The van der Waals surface area contributed by atoms with E-state index in [1.54, 1.807) is 24.0 Å². The van der Waals surface area contributed by atoms with Gasteiger partial charge in [0.05, 0.1) is 36.7 Å². The molecule has 4 rings (SSSR count). The molecule has 0 spiro atoms. The predicted octanol–water partition coefficient (Wildman–Crippen LogP) is 2.46. The van der Waals surface area contributed by atoms with Crippen molar-refractivity contribution in [2.45, 2.75) is 52.1 Å². The SMILES string of the molecule is CCn1cc(Cn2cc(C)n(C3(F)C=C(C(F)(F)F)C(N4CCO[C@H](C)C4)=CN3)c2=O)cn1. The van der Waals surface area contributed by atoms with Crippen LogP contribution in [0.2, 0.25) is 0 Å². The molecule has 1 unspecified atom stereocenters. The van der Waals surface area contributed by atoms with Crippen LogP contribution in [0.15, 0.2) is 46.9 Å².